The Labute approximate surface area is 185 Å². The molecule has 168 valence electrons. The second-order valence-corrected chi connectivity index (χ2v) is 7.63. The van der Waals surface area contributed by atoms with Crippen LogP contribution in [0.4, 0.5) is 4.79 Å². The lowest BCUT2D eigenvalue weighted by molar-refractivity contribution is -0.140. The van der Waals surface area contributed by atoms with Crippen molar-refractivity contribution in [3.8, 4) is 11.1 Å². The van der Waals surface area contributed by atoms with E-state index in [1.54, 1.807) is 0 Å². The fourth-order valence-corrected chi connectivity index (χ4v) is 3.61. The summed E-state index contributed by atoms with van der Waals surface area (Å²) in [5.41, 5.74) is 4.21. The minimum Gasteiger partial charge on any atom is -0.481 e. The van der Waals surface area contributed by atoms with Crippen LogP contribution in [0, 0.1) is 0 Å². The number of carboxylic acids is 1. The summed E-state index contributed by atoms with van der Waals surface area (Å²) in [7, 11) is 3.05. The number of benzene rings is 2. The van der Waals surface area contributed by atoms with Crippen LogP contribution >= 0.6 is 0 Å². The molecule has 1 atom stereocenters. The SMILES string of the molecule is CN(C)C(=O)CNC(=O)C(CC(=O)O)NC(=O)OCC1c2ccccc2-c2ccccc21. The zero-order chi connectivity index (χ0) is 23.3. The van der Waals surface area contributed by atoms with Crippen molar-refractivity contribution in [2.75, 3.05) is 27.2 Å². The lowest BCUT2D eigenvalue weighted by Crippen LogP contribution is -2.50. The Morgan fingerprint density at radius 1 is 1.00 bits per heavy atom. The number of carboxylic acid groups (broad SMARTS) is 1. The van der Waals surface area contributed by atoms with Crippen molar-refractivity contribution in [2.24, 2.45) is 0 Å². The number of aliphatic carboxylic acids is 1. The summed E-state index contributed by atoms with van der Waals surface area (Å²) in [5, 5.41) is 13.7. The molecule has 0 spiro atoms. The molecule has 32 heavy (non-hydrogen) atoms. The van der Waals surface area contributed by atoms with Gasteiger partial charge in [-0.1, -0.05) is 48.5 Å². The molecule has 0 bridgehead atoms. The molecule has 0 saturated heterocycles. The molecule has 2 aromatic rings. The Hall–Kier alpha value is -3.88. The maximum absolute atomic E-state index is 12.4. The number of rotatable bonds is 8. The number of fused-ring (bicyclic) bond motifs is 3. The second-order valence-electron chi connectivity index (χ2n) is 7.63. The van der Waals surface area contributed by atoms with E-state index in [-0.39, 0.29) is 25.0 Å². The zero-order valence-corrected chi connectivity index (χ0v) is 17.8. The Kier molecular flexibility index (Phi) is 7.09. The van der Waals surface area contributed by atoms with Gasteiger partial charge in [0.15, 0.2) is 0 Å². The minimum absolute atomic E-state index is 0.0282. The molecule has 1 aliphatic carbocycles. The van der Waals surface area contributed by atoms with Crippen LogP contribution in [0.25, 0.3) is 11.1 Å². The third-order valence-electron chi connectivity index (χ3n) is 5.24. The smallest absolute Gasteiger partial charge is 0.407 e. The average Bonchev–Trinajstić information content (AvgIpc) is 3.08. The van der Waals surface area contributed by atoms with Crippen LogP contribution in [0.15, 0.2) is 48.5 Å². The van der Waals surface area contributed by atoms with Gasteiger partial charge >= 0.3 is 12.1 Å². The monoisotopic (exact) mass is 439 g/mol. The van der Waals surface area contributed by atoms with Crippen molar-refractivity contribution in [3.63, 3.8) is 0 Å². The number of likely N-dealkylation sites (N-methyl/N-ethyl adjacent to an activating group) is 1. The molecule has 9 heteroatoms. The van der Waals surface area contributed by atoms with Gasteiger partial charge in [-0.2, -0.15) is 0 Å². The molecule has 0 saturated carbocycles. The van der Waals surface area contributed by atoms with Gasteiger partial charge in [0.1, 0.15) is 12.6 Å². The van der Waals surface area contributed by atoms with Gasteiger partial charge in [0.25, 0.3) is 0 Å². The Morgan fingerprint density at radius 2 is 1.56 bits per heavy atom. The molecule has 1 unspecified atom stereocenters. The maximum atomic E-state index is 12.4. The van der Waals surface area contributed by atoms with E-state index in [0.29, 0.717) is 0 Å². The van der Waals surface area contributed by atoms with Gasteiger partial charge < -0.3 is 25.4 Å². The molecular weight excluding hydrogens is 414 g/mol. The molecule has 0 fully saturated rings. The van der Waals surface area contributed by atoms with E-state index in [0.717, 1.165) is 22.3 Å². The summed E-state index contributed by atoms with van der Waals surface area (Å²) in [6.45, 7) is -0.283. The standard InChI is InChI=1S/C23H25N3O6/c1-26(2)20(27)12-24-22(30)19(11-21(28)29)25-23(31)32-13-18-16-9-5-3-7-14(16)15-8-4-6-10-17(15)18/h3-10,18-19H,11-13H2,1-2H3,(H,24,30)(H,25,31)(H,28,29). The molecular formula is C23H25N3O6. The highest BCUT2D eigenvalue weighted by Crippen LogP contribution is 2.44. The van der Waals surface area contributed by atoms with E-state index in [1.807, 2.05) is 48.5 Å². The van der Waals surface area contributed by atoms with Crippen LogP contribution in [0.5, 0.6) is 0 Å². The molecule has 3 amide bonds. The number of nitrogens with zero attached hydrogens (tertiary/aromatic N) is 1. The molecule has 1 aliphatic rings. The van der Waals surface area contributed by atoms with Gasteiger partial charge in [-0.3, -0.25) is 14.4 Å². The number of hydrogen-bond donors (Lipinski definition) is 3. The largest absolute Gasteiger partial charge is 0.481 e. The zero-order valence-electron chi connectivity index (χ0n) is 17.8. The van der Waals surface area contributed by atoms with Crippen molar-refractivity contribution < 1.29 is 29.0 Å². The number of ether oxygens (including phenoxy) is 1. The number of nitrogens with one attached hydrogen (secondary N) is 2. The molecule has 3 N–H and O–H groups in total. The van der Waals surface area contributed by atoms with Gasteiger partial charge in [0, 0.05) is 20.0 Å². The Morgan fingerprint density at radius 3 is 2.09 bits per heavy atom. The average molecular weight is 439 g/mol. The quantitative estimate of drug-likeness (QED) is 0.573. The summed E-state index contributed by atoms with van der Waals surface area (Å²) < 4.78 is 5.37. The Balaban J connectivity index is 1.64. The summed E-state index contributed by atoms with van der Waals surface area (Å²) in [5.74, 6) is -2.59. The van der Waals surface area contributed by atoms with Gasteiger partial charge in [0.05, 0.1) is 13.0 Å². The van der Waals surface area contributed by atoms with E-state index in [1.165, 1.54) is 19.0 Å². The number of carbonyl (C=O) groups excluding carboxylic acids is 3. The third kappa shape index (κ3) is 5.23. The summed E-state index contributed by atoms with van der Waals surface area (Å²) in [4.78, 5) is 48.8. The van der Waals surface area contributed by atoms with Crippen LogP contribution in [0.3, 0.4) is 0 Å². The number of carbonyl (C=O) groups is 4. The highest BCUT2D eigenvalue weighted by Gasteiger charge is 2.30. The van der Waals surface area contributed by atoms with Crippen LogP contribution < -0.4 is 10.6 Å². The summed E-state index contributed by atoms with van der Waals surface area (Å²) in [6.07, 6.45) is -1.56. The topological polar surface area (TPSA) is 125 Å². The van der Waals surface area contributed by atoms with E-state index in [9.17, 15) is 19.2 Å². The predicted molar refractivity (Wildman–Crippen MR) is 116 cm³/mol. The van der Waals surface area contributed by atoms with Crippen LogP contribution in [-0.2, 0) is 19.1 Å². The van der Waals surface area contributed by atoms with E-state index >= 15 is 0 Å². The van der Waals surface area contributed by atoms with Gasteiger partial charge in [-0.05, 0) is 22.3 Å². The lowest BCUT2D eigenvalue weighted by atomic mass is 9.98. The van der Waals surface area contributed by atoms with Crippen LogP contribution in [0.1, 0.15) is 23.5 Å². The lowest BCUT2D eigenvalue weighted by Gasteiger charge is -2.19. The van der Waals surface area contributed by atoms with Crippen molar-refractivity contribution in [3.05, 3.63) is 59.7 Å². The van der Waals surface area contributed by atoms with E-state index in [2.05, 4.69) is 10.6 Å². The molecule has 9 nitrogen and oxygen atoms in total. The first-order chi connectivity index (χ1) is 15.3. The summed E-state index contributed by atoms with van der Waals surface area (Å²) >= 11 is 0. The van der Waals surface area contributed by atoms with Gasteiger partial charge in [0.2, 0.25) is 11.8 Å². The van der Waals surface area contributed by atoms with Gasteiger partial charge in [-0.15, -0.1) is 0 Å². The number of alkyl carbamates (subject to hydrolysis) is 1. The second kappa shape index (κ2) is 9.95. The fraction of sp³-hybridized carbons (Fsp3) is 0.304. The molecule has 0 aliphatic heterocycles. The van der Waals surface area contributed by atoms with Crippen molar-refractivity contribution in [1.82, 2.24) is 15.5 Å². The first kappa shape index (κ1) is 22.8. The van der Waals surface area contributed by atoms with Crippen molar-refractivity contribution in [2.45, 2.75) is 18.4 Å². The van der Waals surface area contributed by atoms with Crippen molar-refractivity contribution in [1.29, 1.82) is 0 Å². The molecule has 0 heterocycles. The first-order valence-electron chi connectivity index (χ1n) is 10.1. The maximum Gasteiger partial charge on any atom is 0.407 e. The highest BCUT2D eigenvalue weighted by molar-refractivity contribution is 5.91. The van der Waals surface area contributed by atoms with E-state index < -0.39 is 30.4 Å². The molecule has 0 aromatic heterocycles. The minimum atomic E-state index is -1.38. The van der Waals surface area contributed by atoms with Crippen LogP contribution in [0.2, 0.25) is 0 Å². The normalized spacial score (nSPS) is 12.8. The molecule has 3 rings (SSSR count). The van der Waals surface area contributed by atoms with E-state index in [4.69, 9.17) is 9.84 Å². The first-order valence-corrected chi connectivity index (χ1v) is 10.1. The Bertz CT molecular complexity index is 990. The number of hydrogen-bond acceptors (Lipinski definition) is 5. The molecule has 2 aromatic carbocycles. The highest BCUT2D eigenvalue weighted by atomic mass is 16.5. The van der Waals surface area contributed by atoms with Crippen LogP contribution in [-0.4, -0.2) is 67.2 Å². The fourth-order valence-electron chi connectivity index (χ4n) is 3.61. The predicted octanol–water partition coefficient (Wildman–Crippen LogP) is 1.57. The van der Waals surface area contributed by atoms with Gasteiger partial charge in [-0.25, -0.2) is 4.79 Å². The third-order valence-corrected chi connectivity index (χ3v) is 5.24. The van der Waals surface area contributed by atoms with Crippen molar-refractivity contribution >= 4 is 23.9 Å². The summed E-state index contributed by atoms with van der Waals surface area (Å²) in [6, 6.07) is 14.3. The number of amides is 3. The molecule has 0 radical (unpaired) electrons.